The maximum Gasteiger partial charge on any atom is 0.293 e. The molecule has 1 aliphatic rings. The van der Waals surface area contributed by atoms with Crippen LogP contribution in [0.15, 0.2) is 35.3 Å². The molecule has 1 saturated heterocycles. The maximum absolute atomic E-state index is 12.6. The molecule has 2 aromatic heterocycles. The molecule has 174 valence electrons. The minimum atomic E-state index is -0.300. The Morgan fingerprint density at radius 1 is 1.30 bits per heavy atom. The summed E-state index contributed by atoms with van der Waals surface area (Å²) in [5.74, 6) is 1.95. The quantitative estimate of drug-likeness (QED) is 0.595. The maximum atomic E-state index is 12.6. The van der Waals surface area contributed by atoms with Gasteiger partial charge in [-0.3, -0.25) is 9.59 Å². The summed E-state index contributed by atoms with van der Waals surface area (Å²) >= 11 is 0. The fourth-order valence-electron chi connectivity index (χ4n) is 4.07. The van der Waals surface area contributed by atoms with Gasteiger partial charge in [-0.05, 0) is 49.9 Å². The molecule has 1 unspecified atom stereocenters. The number of piperidine rings is 1. The van der Waals surface area contributed by atoms with Crippen molar-refractivity contribution in [3.8, 4) is 5.75 Å². The number of hydrogen-bond donors (Lipinski definition) is 2. The molecule has 0 aliphatic carbocycles. The monoisotopic (exact) mass is 450 g/mol. The highest BCUT2D eigenvalue weighted by molar-refractivity contribution is 5.85. The van der Waals surface area contributed by atoms with Gasteiger partial charge in [-0.15, -0.1) is 0 Å². The summed E-state index contributed by atoms with van der Waals surface area (Å²) in [5.41, 5.74) is 2.25. The number of benzene rings is 1. The van der Waals surface area contributed by atoms with Gasteiger partial charge >= 0.3 is 0 Å². The fourth-order valence-corrected chi connectivity index (χ4v) is 4.07. The van der Waals surface area contributed by atoms with Gasteiger partial charge in [-0.1, -0.05) is 6.92 Å². The molecule has 9 nitrogen and oxygen atoms in total. The molecule has 33 heavy (non-hydrogen) atoms. The molecule has 1 atom stereocenters. The van der Waals surface area contributed by atoms with Crippen LogP contribution in [0.4, 0.5) is 17.5 Å². The van der Waals surface area contributed by atoms with E-state index in [4.69, 9.17) is 9.72 Å². The predicted molar refractivity (Wildman–Crippen MR) is 129 cm³/mol. The van der Waals surface area contributed by atoms with Gasteiger partial charge in [0.05, 0.1) is 5.52 Å². The zero-order valence-electron chi connectivity index (χ0n) is 19.5. The second kappa shape index (κ2) is 9.48. The van der Waals surface area contributed by atoms with Crippen molar-refractivity contribution in [1.29, 1.82) is 0 Å². The Hall–Kier alpha value is -3.62. The number of likely N-dealkylation sites (N-methyl/N-ethyl adjacent to an activating group) is 1. The van der Waals surface area contributed by atoms with Gasteiger partial charge < -0.3 is 24.8 Å². The summed E-state index contributed by atoms with van der Waals surface area (Å²) in [6.07, 6.45) is 4.23. The van der Waals surface area contributed by atoms with Crippen molar-refractivity contribution in [2.45, 2.75) is 26.7 Å². The summed E-state index contributed by atoms with van der Waals surface area (Å²) in [6, 6.07) is 7.40. The fraction of sp³-hybridized carbons (Fsp3) is 0.417. The van der Waals surface area contributed by atoms with Crippen LogP contribution in [0.1, 0.15) is 25.3 Å². The van der Waals surface area contributed by atoms with Crippen molar-refractivity contribution in [3.05, 3.63) is 46.4 Å². The van der Waals surface area contributed by atoms with Crippen LogP contribution >= 0.6 is 0 Å². The molecule has 3 aromatic rings. The Morgan fingerprint density at radius 2 is 2.12 bits per heavy atom. The van der Waals surface area contributed by atoms with E-state index in [-0.39, 0.29) is 23.8 Å². The number of nitrogens with one attached hydrogen (secondary N) is 2. The van der Waals surface area contributed by atoms with Crippen LogP contribution < -0.4 is 25.8 Å². The second-order valence-electron chi connectivity index (χ2n) is 8.63. The molecule has 0 spiro atoms. The lowest BCUT2D eigenvalue weighted by Gasteiger charge is -2.31. The van der Waals surface area contributed by atoms with Crippen LogP contribution in [-0.4, -0.2) is 47.2 Å². The zero-order valence-corrected chi connectivity index (χ0v) is 19.5. The van der Waals surface area contributed by atoms with Crippen molar-refractivity contribution >= 4 is 34.3 Å². The van der Waals surface area contributed by atoms with Crippen molar-refractivity contribution in [2.75, 3.05) is 37.0 Å². The molecular formula is C24H30N6O3. The zero-order chi connectivity index (χ0) is 23.5. The Morgan fingerprint density at radius 3 is 2.88 bits per heavy atom. The molecule has 1 fully saturated rings. The molecule has 0 saturated carbocycles. The molecule has 0 bridgehead atoms. The van der Waals surface area contributed by atoms with E-state index in [1.54, 1.807) is 13.1 Å². The molecule has 9 heteroatoms. The van der Waals surface area contributed by atoms with E-state index in [0.29, 0.717) is 5.92 Å². The highest BCUT2D eigenvalue weighted by Gasteiger charge is 2.19. The third-order valence-electron chi connectivity index (χ3n) is 5.99. The third kappa shape index (κ3) is 4.92. The average molecular weight is 451 g/mol. The first-order valence-corrected chi connectivity index (χ1v) is 11.2. The number of nitrogens with zero attached hydrogens (tertiary/aromatic N) is 4. The van der Waals surface area contributed by atoms with E-state index in [0.717, 1.165) is 53.4 Å². The topological polar surface area (TPSA) is 101 Å². The lowest BCUT2D eigenvalue weighted by atomic mass is 10.0. The van der Waals surface area contributed by atoms with Crippen LogP contribution in [0.3, 0.4) is 0 Å². The number of aromatic nitrogens is 3. The van der Waals surface area contributed by atoms with Crippen LogP contribution in [0.5, 0.6) is 5.75 Å². The molecule has 0 radical (unpaired) electrons. The molecule has 3 heterocycles. The van der Waals surface area contributed by atoms with E-state index >= 15 is 0 Å². The number of carbonyl (C=O) groups excluding carboxylic acids is 1. The van der Waals surface area contributed by atoms with E-state index in [2.05, 4.69) is 27.4 Å². The molecule has 1 amide bonds. The normalized spacial score (nSPS) is 16.0. The molecular weight excluding hydrogens is 420 g/mol. The number of amides is 1. The number of rotatable bonds is 6. The molecule has 1 aromatic carbocycles. The molecule has 4 rings (SSSR count). The Balaban J connectivity index is 1.62. The number of ether oxygens (including phenoxy) is 1. The summed E-state index contributed by atoms with van der Waals surface area (Å²) < 4.78 is 6.97. The van der Waals surface area contributed by atoms with Crippen LogP contribution in [0, 0.1) is 12.8 Å². The first-order chi connectivity index (χ1) is 15.9. The summed E-state index contributed by atoms with van der Waals surface area (Å²) in [4.78, 5) is 35.7. The number of anilines is 3. The van der Waals surface area contributed by atoms with Gasteiger partial charge in [0.15, 0.2) is 12.4 Å². The number of aryl methyl sites for hydroxylation is 2. The van der Waals surface area contributed by atoms with Gasteiger partial charge in [0.2, 0.25) is 5.95 Å². The first-order valence-electron chi connectivity index (χ1n) is 11.2. The summed E-state index contributed by atoms with van der Waals surface area (Å²) in [7, 11) is 3.21. The van der Waals surface area contributed by atoms with Crippen molar-refractivity contribution < 1.29 is 9.53 Å². The lowest BCUT2D eigenvalue weighted by Crippen LogP contribution is -2.35. The van der Waals surface area contributed by atoms with Crippen LogP contribution in [0.2, 0.25) is 0 Å². The van der Waals surface area contributed by atoms with Crippen molar-refractivity contribution in [2.24, 2.45) is 13.0 Å². The Bertz CT molecular complexity index is 1240. The van der Waals surface area contributed by atoms with Gasteiger partial charge in [-0.25, -0.2) is 4.98 Å². The first kappa shape index (κ1) is 22.6. The van der Waals surface area contributed by atoms with Gasteiger partial charge in [0.25, 0.3) is 11.5 Å². The van der Waals surface area contributed by atoms with Crippen molar-refractivity contribution in [3.63, 3.8) is 0 Å². The highest BCUT2D eigenvalue weighted by Crippen LogP contribution is 2.26. The molecule has 2 N–H and O–H groups in total. The minimum absolute atomic E-state index is 0.130. The van der Waals surface area contributed by atoms with Gasteiger partial charge in [-0.2, -0.15) is 4.98 Å². The number of pyridine rings is 1. The number of hydrogen-bond acceptors (Lipinski definition) is 7. The van der Waals surface area contributed by atoms with Crippen LogP contribution in [0.25, 0.3) is 10.9 Å². The van der Waals surface area contributed by atoms with E-state index in [9.17, 15) is 9.59 Å². The highest BCUT2D eigenvalue weighted by atomic mass is 16.5. The minimum Gasteiger partial charge on any atom is -0.478 e. The Kier molecular flexibility index (Phi) is 6.48. The Labute approximate surface area is 192 Å². The van der Waals surface area contributed by atoms with E-state index < -0.39 is 0 Å². The summed E-state index contributed by atoms with van der Waals surface area (Å²) in [5, 5.41) is 6.69. The van der Waals surface area contributed by atoms with E-state index in [1.165, 1.54) is 18.0 Å². The average Bonchev–Trinajstić information content (AvgIpc) is 2.81. The third-order valence-corrected chi connectivity index (χ3v) is 5.99. The number of fused-ring (bicyclic) bond motifs is 1. The van der Waals surface area contributed by atoms with Crippen LogP contribution in [-0.2, 0) is 11.8 Å². The van der Waals surface area contributed by atoms with Gasteiger partial charge in [0.1, 0.15) is 5.82 Å². The smallest absolute Gasteiger partial charge is 0.293 e. The summed E-state index contributed by atoms with van der Waals surface area (Å²) in [6.45, 7) is 5.95. The second-order valence-corrected chi connectivity index (χ2v) is 8.63. The predicted octanol–water partition coefficient (Wildman–Crippen LogP) is 2.74. The van der Waals surface area contributed by atoms with Crippen molar-refractivity contribution in [1.82, 2.24) is 19.9 Å². The van der Waals surface area contributed by atoms with E-state index in [1.807, 2.05) is 31.3 Å². The molecule has 1 aliphatic heterocycles. The SMILES string of the molecule is CNC(=O)COc1cc2cc(Nc3nc(N4CCCC(C)C4)ncc3C)ccc2n(C)c1=O. The largest absolute Gasteiger partial charge is 0.478 e. The lowest BCUT2D eigenvalue weighted by molar-refractivity contribution is -0.122. The standard InChI is InChI=1S/C24H30N6O3/c1-15-6-5-9-30(13-15)24-26-12-16(2)22(28-24)27-18-7-8-19-17(10-18)11-20(23(32)29(19)4)33-14-21(31)25-3/h7-8,10-12,15H,5-6,9,13-14H2,1-4H3,(H,25,31)(H,26,27,28). The van der Waals surface area contributed by atoms with Gasteiger partial charge in [0, 0.05) is 50.0 Å². The number of carbonyl (C=O) groups is 1.